The number of thioether (sulfide) groups is 1. The van der Waals surface area contributed by atoms with Crippen LogP contribution in [0.2, 0.25) is 0 Å². The summed E-state index contributed by atoms with van der Waals surface area (Å²) in [7, 11) is 0. The number of nitrogens with two attached hydrogens (primary N) is 1. The van der Waals surface area contributed by atoms with Crippen molar-refractivity contribution < 1.29 is 14.6 Å². The molecular weight excluding hydrogens is 262 g/mol. The number of para-hydroxylation sites is 2. The first-order chi connectivity index (χ1) is 9.25. The van der Waals surface area contributed by atoms with Crippen LogP contribution < -0.4 is 10.5 Å². The highest BCUT2D eigenvalue weighted by atomic mass is 32.2. The molecule has 0 aromatic heterocycles. The summed E-state index contributed by atoms with van der Waals surface area (Å²) < 4.78 is 11.0. The van der Waals surface area contributed by atoms with E-state index in [1.165, 1.54) is 0 Å². The monoisotopic (exact) mass is 283 g/mol. The van der Waals surface area contributed by atoms with Gasteiger partial charge in [-0.1, -0.05) is 12.1 Å². The third-order valence-electron chi connectivity index (χ3n) is 2.99. The standard InChI is InChI=1S/C14H21NO3S/c15-13-5-1-2-6-14(13)18-8-11(16)9-19-10-12-4-3-7-17-12/h1-2,5-6,11-12,16H,3-4,7-10,15H2. The van der Waals surface area contributed by atoms with Gasteiger partial charge < -0.3 is 20.3 Å². The number of aliphatic hydroxyl groups is 1. The molecule has 0 amide bonds. The summed E-state index contributed by atoms with van der Waals surface area (Å²) in [6, 6.07) is 7.32. The van der Waals surface area contributed by atoms with E-state index in [-0.39, 0.29) is 6.61 Å². The Hall–Kier alpha value is -0.910. The maximum absolute atomic E-state index is 9.85. The second-order valence-electron chi connectivity index (χ2n) is 4.68. The summed E-state index contributed by atoms with van der Waals surface area (Å²) in [5.41, 5.74) is 6.36. The first-order valence-electron chi connectivity index (χ1n) is 6.60. The van der Waals surface area contributed by atoms with E-state index in [0.717, 1.165) is 25.2 Å². The second-order valence-corrected chi connectivity index (χ2v) is 5.75. The van der Waals surface area contributed by atoms with Crippen molar-refractivity contribution in [1.82, 2.24) is 0 Å². The van der Waals surface area contributed by atoms with Crippen LogP contribution in [0, 0.1) is 0 Å². The molecule has 3 N–H and O–H groups in total. The lowest BCUT2D eigenvalue weighted by Crippen LogP contribution is -2.21. The molecule has 1 aromatic rings. The van der Waals surface area contributed by atoms with Crippen LogP contribution in [0.5, 0.6) is 5.75 Å². The zero-order valence-corrected chi connectivity index (χ0v) is 11.8. The number of nitrogen functional groups attached to an aromatic ring is 1. The molecule has 2 unspecified atom stereocenters. The largest absolute Gasteiger partial charge is 0.489 e. The smallest absolute Gasteiger partial charge is 0.142 e. The molecule has 0 radical (unpaired) electrons. The highest BCUT2D eigenvalue weighted by Crippen LogP contribution is 2.21. The fourth-order valence-electron chi connectivity index (χ4n) is 1.96. The minimum absolute atomic E-state index is 0.271. The number of hydrogen-bond acceptors (Lipinski definition) is 5. The van der Waals surface area contributed by atoms with Gasteiger partial charge in [-0.25, -0.2) is 0 Å². The molecule has 0 spiro atoms. The van der Waals surface area contributed by atoms with Crippen molar-refractivity contribution in [2.45, 2.75) is 25.0 Å². The van der Waals surface area contributed by atoms with Gasteiger partial charge in [0.05, 0.1) is 17.9 Å². The van der Waals surface area contributed by atoms with Gasteiger partial charge in [0.25, 0.3) is 0 Å². The van der Waals surface area contributed by atoms with Crippen LogP contribution in [-0.4, -0.2) is 42.0 Å². The van der Waals surface area contributed by atoms with E-state index in [2.05, 4.69) is 0 Å². The Morgan fingerprint density at radius 1 is 1.47 bits per heavy atom. The number of anilines is 1. The Bertz CT molecular complexity index is 383. The summed E-state index contributed by atoms with van der Waals surface area (Å²) >= 11 is 1.71. The average molecular weight is 283 g/mol. The minimum atomic E-state index is -0.481. The van der Waals surface area contributed by atoms with Gasteiger partial charge in [-0.15, -0.1) is 0 Å². The predicted molar refractivity (Wildman–Crippen MR) is 78.7 cm³/mol. The zero-order valence-electron chi connectivity index (χ0n) is 11.0. The SMILES string of the molecule is Nc1ccccc1OCC(O)CSCC1CCCO1. The molecule has 0 aliphatic carbocycles. The fourth-order valence-corrected chi connectivity index (χ4v) is 2.99. The molecule has 0 bridgehead atoms. The summed E-state index contributed by atoms with van der Waals surface area (Å²) in [5, 5.41) is 9.85. The summed E-state index contributed by atoms with van der Waals surface area (Å²) in [4.78, 5) is 0. The van der Waals surface area contributed by atoms with Gasteiger partial charge in [-0.3, -0.25) is 0 Å². The molecule has 1 fully saturated rings. The van der Waals surface area contributed by atoms with Gasteiger partial charge in [-0.2, -0.15) is 11.8 Å². The van der Waals surface area contributed by atoms with E-state index < -0.39 is 6.10 Å². The normalized spacial score (nSPS) is 20.4. The molecule has 2 rings (SSSR count). The number of benzene rings is 1. The minimum Gasteiger partial charge on any atom is -0.489 e. The number of rotatable bonds is 7. The summed E-state index contributed by atoms with van der Waals surface area (Å²) in [6.07, 6.45) is 2.18. The van der Waals surface area contributed by atoms with Crippen molar-refractivity contribution in [3.05, 3.63) is 24.3 Å². The molecular formula is C14H21NO3S. The first kappa shape index (κ1) is 14.5. The lowest BCUT2D eigenvalue weighted by atomic mass is 10.3. The van der Waals surface area contributed by atoms with E-state index in [9.17, 15) is 5.11 Å². The Labute approximate surface area is 118 Å². The van der Waals surface area contributed by atoms with Gasteiger partial charge in [0.15, 0.2) is 0 Å². The van der Waals surface area contributed by atoms with Crippen LogP contribution in [0.25, 0.3) is 0 Å². The number of aliphatic hydroxyl groups excluding tert-OH is 1. The zero-order chi connectivity index (χ0) is 13.5. The van der Waals surface area contributed by atoms with Crippen LogP contribution >= 0.6 is 11.8 Å². The van der Waals surface area contributed by atoms with Crippen LogP contribution in [0.4, 0.5) is 5.69 Å². The van der Waals surface area contributed by atoms with Crippen molar-refractivity contribution in [3.63, 3.8) is 0 Å². The summed E-state index contributed by atoms with van der Waals surface area (Å²) in [5.74, 6) is 2.24. The third kappa shape index (κ3) is 4.93. The molecule has 0 saturated carbocycles. The van der Waals surface area contributed by atoms with Crippen molar-refractivity contribution in [3.8, 4) is 5.75 Å². The molecule has 1 aromatic carbocycles. The lowest BCUT2D eigenvalue weighted by molar-refractivity contribution is 0.123. The quantitative estimate of drug-likeness (QED) is 0.749. The number of ether oxygens (including phenoxy) is 2. The van der Waals surface area contributed by atoms with E-state index >= 15 is 0 Å². The Morgan fingerprint density at radius 2 is 2.32 bits per heavy atom. The van der Waals surface area contributed by atoms with Gasteiger partial charge in [0.1, 0.15) is 12.4 Å². The van der Waals surface area contributed by atoms with Gasteiger partial charge in [0.2, 0.25) is 0 Å². The topological polar surface area (TPSA) is 64.7 Å². The molecule has 1 saturated heterocycles. The van der Waals surface area contributed by atoms with E-state index in [4.69, 9.17) is 15.2 Å². The highest BCUT2D eigenvalue weighted by Gasteiger charge is 2.16. The van der Waals surface area contributed by atoms with Crippen LogP contribution in [-0.2, 0) is 4.74 Å². The van der Waals surface area contributed by atoms with Crippen molar-refractivity contribution in [1.29, 1.82) is 0 Å². The van der Waals surface area contributed by atoms with Crippen molar-refractivity contribution in [2.24, 2.45) is 0 Å². The molecule has 5 heteroatoms. The number of hydrogen-bond donors (Lipinski definition) is 2. The van der Waals surface area contributed by atoms with Crippen LogP contribution in [0.1, 0.15) is 12.8 Å². The van der Waals surface area contributed by atoms with E-state index in [1.54, 1.807) is 17.8 Å². The van der Waals surface area contributed by atoms with E-state index in [1.807, 2.05) is 18.2 Å². The Balaban J connectivity index is 1.61. The maximum Gasteiger partial charge on any atom is 0.142 e. The lowest BCUT2D eigenvalue weighted by Gasteiger charge is -2.14. The van der Waals surface area contributed by atoms with Crippen LogP contribution in [0.3, 0.4) is 0 Å². The predicted octanol–water partition coefficient (Wildman–Crippen LogP) is 1.92. The molecule has 19 heavy (non-hydrogen) atoms. The Kier molecular flexibility index (Phi) is 5.82. The van der Waals surface area contributed by atoms with E-state index in [0.29, 0.717) is 23.3 Å². The average Bonchev–Trinajstić information content (AvgIpc) is 2.91. The van der Waals surface area contributed by atoms with Gasteiger partial charge in [-0.05, 0) is 25.0 Å². The fraction of sp³-hybridized carbons (Fsp3) is 0.571. The van der Waals surface area contributed by atoms with Crippen molar-refractivity contribution >= 4 is 17.4 Å². The van der Waals surface area contributed by atoms with Gasteiger partial charge in [0, 0.05) is 18.1 Å². The third-order valence-corrected chi connectivity index (χ3v) is 4.22. The van der Waals surface area contributed by atoms with Gasteiger partial charge >= 0.3 is 0 Å². The molecule has 1 aliphatic rings. The Morgan fingerprint density at radius 3 is 3.05 bits per heavy atom. The molecule has 1 heterocycles. The molecule has 1 aliphatic heterocycles. The maximum atomic E-state index is 9.85. The molecule has 106 valence electrons. The molecule has 2 atom stereocenters. The highest BCUT2D eigenvalue weighted by molar-refractivity contribution is 7.99. The first-order valence-corrected chi connectivity index (χ1v) is 7.76. The second kappa shape index (κ2) is 7.62. The van der Waals surface area contributed by atoms with Crippen molar-refractivity contribution in [2.75, 3.05) is 30.5 Å². The summed E-state index contributed by atoms with van der Waals surface area (Å²) in [6.45, 7) is 1.15. The van der Waals surface area contributed by atoms with Crippen LogP contribution in [0.15, 0.2) is 24.3 Å². The molecule has 4 nitrogen and oxygen atoms in total.